The van der Waals surface area contributed by atoms with Crippen LogP contribution in [0.3, 0.4) is 0 Å². The highest BCUT2D eigenvalue weighted by Crippen LogP contribution is 2.32. The highest BCUT2D eigenvalue weighted by atomic mass is 32.2. The monoisotopic (exact) mass is 498 g/mol. The molecular weight excluding hydrogens is 468 g/mol. The zero-order valence-corrected chi connectivity index (χ0v) is 21.5. The first-order chi connectivity index (χ1) is 16.5. The molecule has 0 aliphatic carbocycles. The lowest BCUT2D eigenvalue weighted by Crippen LogP contribution is -2.25. The Labute approximate surface area is 209 Å². The van der Waals surface area contributed by atoms with Crippen LogP contribution in [0.2, 0.25) is 0 Å². The van der Waals surface area contributed by atoms with Gasteiger partial charge in [-0.15, -0.1) is 28.5 Å². The number of aryl methyl sites for hydroxylation is 1. The summed E-state index contributed by atoms with van der Waals surface area (Å²) in [4.78, 5) is 14.3. The summed E-state index contributed by atoms with van der Waals surface area (Å²) >= 11 is 3.11. The summed E-state index contributed by atoms with van der Waals surface area (Å²) in [6, 6.07) is 13.7. The van der Waals surface area contributed by atoms with Gasteiger partial charge in [0.25, 0.3) is 0 Å². The van der Waals surface area contributed by atoms with E-state index >= 15 is 0 Å². The molecule has 1 heterocycles. The van der Waals surface area contributed by atoms with Crippen molar-refractivity contribution in [3.63, 3.8) is 0 Å². The van der Waals surface area contributed by atoms with Crippen molar-refractivity contribution in [2.45, 2.75) is 47.9 Å². The lowest BCUT2D eigenvalue weighted by Gasteiger charge is -2.17. The van der Waals surface area contributed by atoms with E-state index in [1.165, 1.54) is 22.2 Å². The number of benzene rings is 2. The molecule has 0 saturated heterocycles. The second kappa shape index (κ2) is 12.5. The number of amides is 1. The van der Waals surface area contributed by atoms with Gasteiger partial charge >= 0.3 is 0 Å². The number of carbonyl (C=O) groups excluding carboxylic acids is 1. The summed E-state index contributed by atoms with van der Waals surface area (Å²) in [5.74, 6) is 2.60. The van der Waals surface area contributed by atoms with Gasteiger partial charge in [0, 0.05) is 17.5 Å². The minimum Gasteiger partial charge on any atom is -0.497 e. The number of rotatable bonds is 12. The van der Waals surface area contributed by atoms with E-state index in [4.69, 9.17) is 9.47 Å². The van der Waals surface area contributed by atoms with E-state index < -0.39 is 0 Å². The Bertz CT molecular complexity index is 1120. The first-order valence-electron chi connectivity index (χ1n) is 10.9. The number of aromatic nitrogens is 3. The van der Waals surface area contributed by atoms with Gasteiger partial charge < -0.3 is 19.4 Å². The van der Waals surface area contributed by atoms with Crippen LogP contribution in [0.25, 0.3) is 0 Å². The molecule has 0 fully saturated rings. The molecule has 0 bridgehead atoms. The Balaban J connectivity index is 1.72. The van der Waals surface area contributed by atoms with Gasteiger partial charge in [-0.1, -0.05) is 42.5 Å². The maximum atomic E-state index is 13.1. The maximum Gasteiger partial charge on any atom is 0.238 e. The molecule has 1 aromatic heterocycles. The third-order valence-electron chi connectivity index (χ3n) is 5.07. The molecule has 0 aliphatic heterocycles. The number of ether oxygens (including phenoxy) is 2. The number of carbonyl (C=O) groups is 1. The molecule has 0 aliphatic rings. The first kappa shape index (κ1) is 25.7. The number of methoxy groups -OCH3 is 2. The molecular formula is C25H30N4O3S2. The van der Waals surface area contributed by atoms with Gasteiger partial charge in [0.2, 0.25) is 5.91 Å². The van der Waals surface area contributed by atoms with Crippen LogP contribution in [0.4, 0.5) is 5.69 Å². The Morgan fingerprint density at radius 2 is 1.94 bits per heavy atom. The van der Waals surface area contributed by atoms with Crippen molar-refractivity contribution in [3.05, 3.63) is 66.5 Å². The van der Waals surface area contributed by atoms with Gasteiger partial charge in [-0.05, 0) is 37.6 Å². The summed E-state index contributed by atoms with van der Waals surface area (Å²) < 4.78 is 12.7. The smallest absolute Gasteiger partial charge is 0.238 e. The van der Waals surface area contributed by atoms with Gasteiger partial charge in [-0.25, -0.2) is 0 Å². The summed E-state index contributed by atoms with van der Waals surface area (Å²) in [6.45, 7) is 8.50. The lowest BCUT2D eigenvalue weighted by atomic mass is 10.2. The van der Waals surface area contributed by atoms with E-state index in [0.29, 0.717) is 41.1 Å². The van der Waals surface area contributed by atoms with Gasteiger partial charge in [0.15, 0.2) is 5.16 Å². The zero-order chi connectivity index (χ0) is 24.5. The minimum atomic E-state index is -0.350. The molecule has 1 amide bonds. The van der Waals surface area contributed by atoms with Crippen LogP contribution in [0.5, 0.6) is 11.5 Å². The van der Waals surface area contributed by atoms with Crippen molar-refractivity contribution in [2.24, 2.45) is 0 Å². The van der Waals surface area contributed by atoms with Crippen molar-refractivity contribution in [3.8, 4) is 11.5 Å². The van der Waals surface area contributed by atoms with Crippen molar-refractivity contribution < 1.29 is 14.3 Å². The molecule has 0 spiro atoms. The van der Waals surface area contributed by atoms with Crippen molar-refractivity contribution in [2.75, 3.05) is 19.5 Å². The molecule has 2 aromatic carbocycles. The Kier molecular flexibility index (Phi) is 9.47. The van der Waals surface area contributed by atoms with Gasteiger partial charge in [-0.3, -0.25) is 4.79 Å². The summed E-state index contributed by atoms with van der Waals surface area (Å²) in [7, 11) is 3.15. The van der Waals surface area contributed by atoms with Crippen LogP contribution in [0.15, 0.2) is 65.2 Å². The number of nitrogens with one attached hydrogen (secondary N) is 1. The number of anilines is 1. The number of hydrogen-bond donors (Lipinski definition) is 1. The largest absolute Gasteiger partial charge is 0.497 e. The number of nitrogens with zero attached hydrogens (tertiary/aromatic N) is 3. The fourth-order valence-electron chi connectivity index (χ4n) is 3.17. The summed E-state index contributed by atoms with van der Waals surface area (Å²) in [5.41, 5.74) is 1.82. The fourth-order valence-corrected chi connectivity index (χ4v) is 4.99. The van der Waals surface area contributed by atoms with Crippen LogP contribution in [0, 0.1) is 6.92 Å². The van der Waals surface area contributed by atoms with Gasteiger partial charge in [0.05, 0.1) is 30.9 Å². The maximum absolute atomic E-state index is 13.1. The standard InChI is InChI=1S/C25H30N4O3S2/c1-6-14-29-23(16-33-19-11-8-17(3)9-12-19)27-28-25(29)34-22(7-2)24(30)26-20-13-10-18(31-4)15-21(20)32-5/h6,8-13,15,22H,1,7,14,16H2,2-5H3,(H,26,30). The summed E-state index contributed by atoms with van der Waals surface area (Å²) in [6.07, 6.45) is 2.44. The van der Waals surface area contributed by atoms with Crippen LogP contribution in [0.1, 0.15) is 24.7 Å². The second-order valence-electron chi connectivity index (χ2n) is 7.47. The molecule has 1 atom stereocenters. The van der Waals surface area contributed by atoms with E-state index in [0.717, 1.165) is 5.82 Å². The topological polar surface area (TPSA) is 78.3 Å². The molecule has 3 rings (SSSR count). The van der Waals surface area contributed by atoms with E-state index in [1.807, 2.05) is 17.6 Å². The third kappa shape index (κ3) is 6.57. The predicted molar refractivity (Wildman–Crippen MR) is 139 cm³/mol. The van der Waals surface area contributed by atoms with Gasteiger partial charge in [0.1, 0.15) is 17.3 Å². The highest BCUT2D eigenvalue weighted by Gasteiger charge is 2.23. The first-order valence-corrected chi connectivity index (χ1v) is 12.8. The number of thioether (sulfide) groups is 2. The van der Waals surface area contributed by atoms with Crippen molar-refractivity contribution in [1.82, 2.24) is 14.8 Å². The molecule has 3 aromatic rings. The highest BCUT2D eigenvalue weighted by molar-refractivity contribution is 8.00. The van der Waals surface area contributed by atoms with Crippen molar-refractivity contribution >= 4 is 35.1 Å². The van der Waals surface area contributed by atoms with E-state index in [-0.39, 0.29) is 11.2 Å². The van der Waals surface area contributed by atoms with E-state index in [1.54, 1.807) is 44.2 Å². The summed E-state index contributed by atoms with van der Waals surface area (Å²) in [5, 5.41) is 12.1. The van der Waals surface area contributed by atoms with Gasteiger partial charge in [-0.2, -0.15) is 0 Å². The Hall–Kier alpha value is -2.91. The molecule has 0 radical (unpaired) electrons. The number of hydrogen-bond acceptors (Lipinski definition) is 7. The van der Waals surface area contributed by atoms with Crippen LogP contribution < -0.4 is 14.8 Å². The molecule has 1 N–H and O–H groups in total. The molecule has 0 saturated carbocycles. The van der Waals surface area contributed by atoms with E-state index in [9.17, 15) is 4.79 Å². The average Bonchev–Trinajstić information content (AvgIpc) is 3.23. The quantitative estimate of drug-likeness (QED) is 0.258. The third-order valence-corrected chi connectivity index (χ3v) is 7.42. The Morgan fingerprint density at radius 3 is 2.59 bits per heavy atom. The lowest BCUT2D eigenvalue weighted by molar-refractivity contribution is -0.115. The second-order valence-corrected chi connectivity index (χ2v) is 9.69. The van der Waals surface area contributed by atoms with Crippen LogP contribution >= 0.6 is 23.5 Å². The number of allylic oxidation sites excluding steroid dienone is 1. The van der Waals surface area contributed by atoms with E-state index in [2.05, 4.69) is 53.3 Å². The van der Waals surface area contributed by atoms with Crippen LogP contribution in [-0.2, 0) is 17.1 Å². The molecule has 34 heavy (non-hydrogen) atoms. The SMILES string of the molecule is C=CCn1c(CSc2ccc(C)cc2)nnc1SC(CC)C(=O)Nc1ccc(OC)cc1OC. The zero-order valence-electron chi connectivity index (χ0n) is 19.9. The molecule has 1 unspecified atom stereocenters. The fraction of sp³-hybridized carbons (Fsp3) is 0.320. The van der Waals surface area contributed by atoms with Crippen LogP contribution in [-0.4, -0.2) is 40.1 Å². The molecule has 180 valence electrons. The van der Waals surface area contributed by atoms with Crippen molar-refractivity contribution in [1.29, 1.82) is 0 Å². The molecule has 9 heteroatoms. The average molecular weight is 499 g/mol. The predicted octanol–water partition coefficient (Wildman–Crippen LogP) is 5.59. The normalized spacial score (nSPS) is 11.6. The molecule has 7 nitrogen and oxygen atoms in total. The minimum absolute atomic E-state index is 0.125. The Morgan fingerprint density at radius 1 is 1.18 bits per heavy atom.